The van der Waals surface area contributed by atoms with Crippen LogP contribution in [0.25, 0.3) is 10.8 Å². The van der Waals surface area contributed by atoms with Gasteiger partial charge >= 0.3 is 6.03 Å². The Hall–Kier alpha value is -3.81. The zero-order valence-corrected chi connectivity index (χ0v) is 27.8. The average Bonchev–Trinajstić information content (AvgIpc) is 3.59. The summed E-state index contributed by atoms with van der Waals surface area (Å²) in [6.45, 7) is 0.0421. The molecule has 46 heavy (non-hydrogen) atoms. The van der Waals surface area contributed by atoms with Crippen molar-refractivity contribution in [3.05, 3.63) is 72.3 Å². The number of hydrogen-bond acceptors (Lipinski definition) is 7. The summed E-state index contributed by atoms with van der Waals surface area (Å²) in [5.74, 6) is 0.306. The maximum atomic E-state index is 13.3. The second-order valence-corrected chi connectivity index (χ2v) is 14.9. The van der Waals surface area contributed by atoms with Crippen LogP contribution in [0.5, 0.6) is 0 Å². The van der Waals surface area contributed by atoms with Gasteiger partial charge in [0.1, 0.15) is 6.04 Å². The van der Waals surface area contributed by atoms with Gasteiger partial charge < -0.3 is 26.2 Å². The molecular formula is C33H42N6O5S2. The van der Waals surface area contributed by atoms with E-state index < -0.39 is 16.1 Å². The van der Waals surface area contributed by atoms with Crippen molar-refractivity contribution in [2.24, 2.45) is 0 Å². The molecule has 2 aliphatic rings. The molecule has 13 heteroatoms. The van der Waals surface area contributed by atoms with Crippen LogP contribution < -0.4 is 30.9 Å². The number of carbonyl (C=O) groups is 3. The zero-order valence-electron chi connectivity index (χ0n) is 26.1. The lowest BCUT2D eigenvalue weighted by Crippen LogP contribution is -2.49. The maximum Gasteiger partial charge on any atom is 0.315 e. The molecule has 2 aliphatic heterocycles. The van der Waals surface area contributed by atoms with Crippen LogP contribution >= 0.6 is 11.8 Å². The van der Waals surface area contributed by atoms with Crippen molar-refractivity contribution in [3.63, 3.8) is 0 Å². The van der Waals surface area contributed by atoms with Crippen LogP contribution in [0.1, 0.15) is 31.2 Å². The first-order valence-corrected chi connectivity index (χ1v) is 18.1. The largest absolute Gasteiger partial charge is 0.377 e. The van der Waals surface area contributed by atoms with E-state index in [0.717, 1.165) is 35.2 Å². The summed E-state index contributed by atoms with van der Waals surface area (Å²) < 4.78 is 29.1. The van der Waals surface area contributed by atoms with E-state index in [0.29, 0.717) is 23.5 Å². The molecule has 0 unspecified atom stereocenters. The molecule has 0 radical (unpaired) electrons. The van der Waals surface area contributed by atoms with E-state index >= 15 is 0 Å². The molecule has 2 fully saturated rings. The van der Waals surface area contributed by atoms with Crippen LogP contribution in [0, 0.1) is 0 Å². The third kappa shape index (κ3) is 8.31. The molecule has 3 aromatic rings. The highest BCUT2D eigenvalue weighted by Crippen LogP contribution is 2.33. The Kier molecular flexibility index (Phi) is 11.1. The van der Waals surface area contributed by atoms with Crippen molar-refractivity contribution in [3.8, 4) is 0 Å². The molecule has 4 atom stereocenters. The quantitative estimate of drug-likeness (QED) is 0.124. The Balaban J connectivity index is 1.12. The third-order valence-corrected chi connectivity index (χ3v) is 11.4. The molecule has 2 saturated heterocycles. The van der Waals surface area contributed by atoms with E-state index in [1.54, 1.807) is 18.2 Å². The standard InChI is InChI=1S/C33H42N6O5S2/c1-39(2)27-14-8-13-24-23(27)12-9-16-29(24)46(43,44)35-19-18-34-32(41)25(20-22-10-4-3-5-11-22)36-30(40)17-7-6-15-28-31-26(21-45-28)37-33(42)38-31/h3-5,8-14,16,25-26,28,31,35H,6-7,15,17-21H2,1-2H3,(H,34,41)(H,36,40)(H2,37,38,42)/t25-,26+,28+,31+/m0/s1. The van der Waals surface area contributed by atoms with Crippen LogP contribution in [0.3, 0.4) is 0 Å². The van der Waals surface area contributed by atoms with E-state index in [1.807, 2.05) is 79.3 Å². The Labute approximate surface area is 274 Å². The predicted octanol–water partition coefficient (Wildman–Crippen LogP) is 2.75. The van der Waals surface area contributed by atoms with Crippen molar-refractivity contribution in [2.45, 2.75) is 60.4 Å². The number of anilines is 1. The first kappa shape index (κ1) is 33.6. The molecule has 2 heterocycles. The van der Waals surface area contributed by atoms with E-state index in [-0.39, 0.29) is 54.3 Å². The Morgan fingerprint density at radius 3 is 2.50 bits per heavy atom. The fourth-order valence-corrected chi connectivity index (χ4v) is 8.86. The van der Waals surface area contributed by atoms with Gasteiger partial charge in [0.15, 0.2) is 0 Å². The smallest absolute Gasteiger partial charge is 0.315 e. The van der Waals surface area contributed by atoms with Gasteiger partial charge in [0, 0.05) is 67.5 Å². The molecule has 5 N–H and O–H groups in total. The summed E-state index contributed by atoms with van der Waals surface area (Å²) in [5, 5.41) is 13.4. The number of benzene rings is 3. The molecule has 0 aliphatic carbocycles. The van der Waals surface area contributed by atoms with E-state index in [1.165, 1.54) is 0 Å². The van der Waals surface area contributed by atoms with E-state index in [2.05, 4.69) is 26.0 Å². The third-order valence-electron chi connectivity index (χ3n) is 8.36. The number of urea groups is 1. The summed E-state index contributed by atoms with van der Waals surface area (Å²) in [5.41, 5.74) is 1.81. The minimum Gasteiger partial charge on any atom is -0.377 e. The van der Waals surface area contributed by atoms with Crippen LogP contribution in [0.4, 0.5) is 10.5 Å². The SMILES string of the molecule is CN(C)c1cccc2c(S(=O)(=O)NCCNC(=O)[C@H](Cc3ccccc3)NC(=O)CCCC[C@H]3SC[C@H]4NC(=O)N[C@H]43)cccc12. The summed E-state index contributed by atoms with van der Waals surface area (Å²) >= 11 is 1.85. The molecule has 5 rings (SSSR count). The lowest BCUT2D eigenvalue weighted by atomic mass is 10.0. The number of carbonyl (C=O) groups excluding carboxylic acids is 3. The topological polar surface area (TPSA) is 149 Å². The number of amides is 4. The zero-order chi connectivity index (χ0) is 32.7. The molecule has 0 saturated carbocycles. The second kappa shape index (κ2) is 15.2. The van der Waals surface area contributed by atoms with Crippen LogP contribution in [0.2, 0.25) is 0 Å². The van der Waals surface area contributed by atoms with Gasteiger partial charge in [0.25, 0.3) is 0 Å². The minimum atomic E-state index is -3.86. The second-order valence-electron chi connectivity index (χ2n) is 11.9. The number of nitrogens with zero attached hydrogens (tertiary/aromatic N) is 1. The molecule has 0 bridgehead atoms. The number of thioether (sulfide) groups is 1. The van der Waals surface area contributed by atoms with Gasteiger partial charge in [-0.2, -0.15) is 11.8 Å². The van der Waals surface area contributed by atoms with Gasteiger partial charge in [0.2, 0.25) is 21.8 Å². The lowest BCUT2D eigenvalue weighted by Gasteiger charge is -2.20. The Morgan fingerprint density at radius 2 is 1.72 bits per heavy atom. The number of sulfonamides is 1. The molecule has 0 spiro atoms. The van der Waals surface area contributed by atoms with Crippen LogP contribution in [-0.4, -0.2) is 82.6 Å². The summed E-state index contributed by atoms with van der Waals surface area (Å²) in [6.07, 6.45) is 3.01. The lowest BCUT2D eigenvalue weighted by molar-refractivity contribution is -0.129. The molecule has 246 valence electrons. The van der Waals surface area contributed by atoms with Crippen molar-refractivity contribution in [1.29, 1.82) is 0 Å². The van der Waals surface area contributed by atoms with Crippen molar-refractivity contribution in [2.75, 3.05) is 37.8 Å². The highest BCUT2D eigenvalue weighted by molar-refractivity contribution is 8.00. The van der Waals surface area contributed by atoms with Gasteiger partial charge in [-0.25, -0.2) is 17.9 Å². The van der Waals surface area contributed by atoms with Gasteiger partial charge in [-0.05, 0) is 30.5 Å². The summed E-state index contributed by atoms with van der Waals surface area (Å²) in [7, 11) is -0.0405. The van der Waals surface area contributed by atoms with E-state index in [4.69, 9.17) is 0 Å². The molecule has 0 aromatic heterocycles. The average molecular weight is 667 g/mol. The fraction of sp³-hybridized carbons (Fsp3) is 0.424. The number of nitrogens with one attached hydrogen (secondary N) is 5. The first-order valence-electron chi connectivity index (χ1n) is 15.6. The molecule has 3 aromatic carbocycles. The van der Waals surface area contributed by atoms with Crippen molar-refractivity contribution < 1.29 is 22.8 Å². The van der Waals surface area contributed by atoms with Crippen LogP contribution in [0.15, 0.2) is 71.6 Å². The van der Waals surface area contributed by atoms with Gasteiger partial charge in [0.05, 0.1) is 17.0 Å². The number of unbranched alkanes of at least 4 members (excludes halogenated alkanes) is 1. The molecule has 11 nitrogen and oxygen atoms in total. The number of fused-ring (bicyclic) bond motifs is 2. The summed E-state index contributed by atoms with van der Waals surface area (Å²) in [6, 6.07) is 19.6. The highest BCUT2D eigenvalue weighted by Gasteiger charge is 2.42. The fourth-order valence-electron chi connectivity index (χ4n) is 6.06. The monoisotopic (exact) mass is 666 g/mol. The van der Waals surface area contributed by atoms with E-state index in [9.17, 15) is 22.8 Å². The van der Waals surface area contributed by atoms with Gasteiger partial charge in [-0.15, -0.1) is 0 Å². The van der Waals surface area contributed by atoms with Gasteiger partial charge in [-0.1, -0.05) is 61.0 Å². The van der Waals surface area contributed by atoms with Gasteiger partial charge in [-0.3, -0.25) is 9.59 Å². The van der Waals surface area contributed by atoms with Crippen LogP contribution in [-0.2, 0) is 26.0 Å². The first-order chi connectivity index (χ1) is 22.1. The molecular weight excluding hydrogens is 625 g/mol. The maximum absolute atomic E-state index is 13.3. The van der Waals surface area contributed by atoms with Crippen molar-refractivity contribution in [1.82, 2.24) is 26.0 Å². The molecule has 4 amide bonds. The minimum absolute atomic E-state index is 0.0131. The number of hydrogen-bond donors (Lipinski definition) is 5. The number of rotatable bonds is 15. The predicted molar refractivity (Wildman–Crippen MR) is 183 cm³/mol. The normalized spacial score (nSPS) is 19.6. The van der Waals surface area contributed by atoms with Crippen molar-refractivity contribution >= 4 is 56.1 Å². The summed E-state index contributed by atoms with van der Waals surface area (Å²) in [4.78, 5) is 39.9. The highest BCUT2D eigenvalue weighted by atomic mass is 32.2. The Morgan fingerprint density at radius 1 is 0.957 bits per heavy atom. The Bertz CT molecular complexity index is 1650.